The van der Waals surface area contributed by atoms with Gasteiger partial charge in [-0.3, -0.25) is 0 Å². The first kappa shape index (κ1) is 8.72. The van der Waals surface area contributed by atoms with Crippen LogP contribution < -0.4 is 5.32 Å². The largest absolute Gasteiger partial charge is 0.381 e. The Labute approximate surface area is 77.2 Å². The van der Waals surface area contributed by atoms with Gasteiger partial charge in [0.1, 0.15) is 5.76 Å². The lowest BCUT2D eigenvalue weighted by molar-refractivity contribution is 0.190. The molecule has 1 saturated heterocycles. The first-order chi connectivity index (χ1) is 6.40. The number of rotatable bonds is 3. The smallest absolute Gasteiger partial charge is 0.142 e. The average molecular weight is 182 g/mol. The molecule has 2 rings (SSSR count). The standard InChI is InChI=1S/C9H14N2O2/c1-10-5-8-4-9(13-11-8)7-2-3-12-6-7/h4,7,10H,2-3,5-6H2,1H3. The van der Waals surface area contributed by atoms with Gasteiger partial charge < -0.3 is 14.6 Å². The molecular formula is C9H14N2O2. The van der Waals surface area contributed by atoms with Crippen molar-refractivity contribution in [1.29, 1.82) is 0 Å². The molecule has 0 radical (unpaired) electrons. The molecule has 4 heteroatoms. The molecule has 13 heavy (non-hydrogen) atoms. The Bertz CT molecular complexity index is 266. The summed E-state index contributed by atoms with van der Waals surface area (Å²) in [6.45, 7) is 2.37. The Balaban J connectivity index is 2.03. The molecule has 0 amide bonds. The van der Waals surface area contributed by atoms with Gasteiger partial charge in [0.05, 0.1) is 12.3 Å². The van der Waals surface area contributed by atoms with Crippen molar-refractivity contribution >= 4 is 0 Å². The van der Waals surface area contributed by atoms with Gasteiger partial charge in [0.2, 0.25) is 0 Å². The summed E-state index contributed by atoms with van der Waals surface area (Å²) >= 11 is 0. The molecule has 1 aromatic rings. The van der Waals surface area contributed by atoms with Crippen LogP contribution in [0.25, 0.3) is 0 Å². The van der Waals surface area contributed by atoms with Gasteiger partial charge >= 0.3 is 0 Å². The van der Waals surface area contributed by atoms with Gasteiger partial charge in [0, 0.05) is 25.1 Å². The SMILES string of the molecule is CNCc1cc(C2CCOC2)on1. The Morgan fingerprint density at radius 1 is 1.69 bits per heavy atom. The van der Waals surface area contributed by atoms with E-state index >= 15 is 0 Å². The minimum absolute atomic E-state index is 0.415. The fourth-order valence-electron chi connectivity index (χ4n) is 1.54. The minimum Gasteiger partial charge on any atom is -0.381 e. The van der Waals surface area contributed by atoms with Gasteiger partial charge in [0.15, 0.2) is 0 Å². The summed E-state index contributed by atoms with van der Waals surface area (Å²) < 4.78 is 10.5. The van der Waals surface area contributed by atoms with Crippen LogP contribution in [0.4, 0.5) is 0 Å². The third-order valence-corrected chi connectivity index (χ3v) is 2.27. The summed E-state index contributed by atoms with van der Waals surface area (Å²) in [4.78, 5) is 0. The van der Waals surface area contributed by atoms with Crippen LogP contribution in [0, 0.1) is 0 Å². The van der Waals surface area contributed by atoms with Gasteiger partial charge in [-0.25, -0.2) is 0 Å². The van der Waals surface area contributed by atoms with Gasteiger partial charge in [0.25, 0.3) is 0 Å². The average Bonchev–Trinajstić information content (AvgIpc) is 2.70. The number of aromatic nitrogens is 1. The highest BCUT2D eigenvalue weighted by molar-refractivity contribution is 5.10. The van der Waals surface area contributed by atoms with Crippen molar-refractivity contribution in [3.05, 3.63) is 17.5 Å². The van der Waals surface area contributed by atoms with Crippen molar-refractivity contribution in [2.24, 2.45) is 0 Å². The fourth-order valence-corrected chi connectivity index (χ4v) is 1.54. The molecule has 0 bridgehead atoms. The van der Waals surface area contributed by atoms with E-state index in [9.17, 15) is 0 Å². The van der Waals surface area contributed by atoms with Crippen LogP contribution in [-0.4, -0.2) is 25.4 Å². The second-order valence-electron chi connectivity index (χ2n) is 3.31. The van der Waals surface area contributed by atoms with E-state index in [2.05, 4.69) is 10.5 Å². The molecule has 1 fully saturated rings. The number of hydrogen-bond acceptors (Lipinski definition) is 4. The quantitative estimate of drug-likeness (QED) is 0.754. The highest BCUT2D eigenvalue weighted by atomic mass is 16.5. The zero-order valence-electron chi connectivity index (χ0n) is 7.75. The maximum atomic E-state index is 5.28. The van der Waals surface area contributed by atoms with Gasteiger partial charge in [-0.15, -0.1) is 0 Å². The molecule has 0 saturated carbocycles. The van der Waals surface area contributed by atoms with E-state index in [4.69, 9.17) is 9.26 Å². The maximum Gasteiger partial charge on any atom is 0.142 e. The van der Waals surface area contributed by atoms with E-state index in [0.717, 1.165) is 37.6 Å². The normalized spacial score (nSPS) is 22.4. The lowest BCUT2D eigenvalue weighted by Crippen LogP contribution is -2.04. The molecule has 1 N–H and O–H groups in total. The summed E-state index contributed by atoms with van der Waals surface area (Å²) in [5.41, 5.74) is 0.962. The monoisotopic (exact) mass is 182 g/mol. The Hall–Kier alpha value is -0.870. The lowest BCUT2D eigenvalue weighted by atomic mass is 10.1. The summed E-state index contributed by atoms with van der Waals surface area (Å²) in [5, 5.41) is 6.99. The zero-order chi connectivity index (χ0) is 9.10. The third kappa shape index (κ3) is 1.89. The molecule has 0 aromatic carbocycles. The number of hydrogen-bond donors (Lipinski definition) is 1. The van der Waals surface area contributed by atoms with E-state index in [1.807, 2.05) is 13.1 Å². The molecule has 1 aliphatic heterocycles. The van der Waals surface area contributed by atoms with E-state index in [1.165, 1.54) is 0 Å². The molecule has 2 heterocycles. The van der Waals surface area contributed by atoms with Crippen LogP contribution in [0.15, 0.2) is 10.6 Å². The number of nitrogens with one attached hydrogen (secondary N) is 1. The maximum absolute atomic E-state index is 5.28. The highest BCUT2D eigenvalue weighted by Crippen LogP contribution is 2.25. The van der Waals surface area contributed by atoms with Crippen LogP contribution in [-0.2, 0) is 11.3 Å². The Kier molecular flexibility index (Phi) is 2.61. The fraction of sp³-hybridized carbons (Fsp3) is 0.667. The zero-order valence-corrected chi connectivity index (χ0v) is 7.75. The van der Waals surface area contributed by atoms with Crippen LogP contribution in [0.3, 0.4) is 0 Å². The van der Waals surface area contributed by atoms with Crippen LogP contribution in [0.2, 0.25) is 0 Å². The minimum atomic E-state index is 0.415. The topological polar surface area (TPSA) is 47.3 Å². The van der Waals surface area contributed by atoms with Gasteiger partial charge in [-0.2, -0.15) is 0 Å². The van der Waals surface area contributed by atoms with E-state index in [0.29, 0.717) is 5.92 Å². The van der Waals surface area contributed by atoms with Crippen molar-refractivity contribution in [3.8, 4) is 0 Å². The highest BCUT2D eigenvalue weighted by Gasteiger charge is 2.21. The molecule has 1 unspecified atom stereocenters. The summed E-state index contributed by atoms with van der Waals surface area (Å²) in [7, 11) is 1.90. The van der Waals surface area contributed by atoms with Crippen molar-refractivity contribution < 1.29 is 9.26 Å². The Morgan fingerprint density at radius 2 is 2.62 bits per heavy atom. The first-order valence-electron chi connectivity index (χ1n) is 4.58. The van der Waals surface area contributed by atoms with E-state index < -0.39 is 0 Å². The number of nitrogens with zero attached hydrogens (tertiary/aromatic N) is 1. The van der Waals surface area contributed by atoms with Gasteiger partial charge in [-0.05, 0) is 13.5 Å². The summed E-state index contributed by atoms with van der Waals surface area (Å²) in [6, 6.07) is 2.01. The molecule has 1 aromatic heterocycles. The molecular weight excluding hydrogens is 168 g/mol. The van der Waals surface area contributed by atoms with Crippen molar-refractivity contribution in [2.75, 3.05) is 20.3 Å². The predicted molar refractivity (Wildman–Crippen MR) is 47.4 cm³/mol. The van der Waals surface area contributed by atoms with Crippen LogP contribution in [0.5, 0.6) is 0 Å². The molecule has 4 nitrogen and oxygen atoms in total. The second kappa shape index (κ2) is 3.89. The molecule has 1 atom stereocenters. The Morgan fingerprint density at radius 3 is 3.31 bits per heavy atom. The molecule has 0 spiro atoms. The second-order valence-corrected chi connectivity index (χ2v) is 3.31. The van der Waals surface area contributed by atoms with Gasteiger partial charge in [-0.1, -0.05) is 5.16 Å². The van der Waals surface area contributed by atoms with Crippen molar-refractivity contribution in [3.63, 3.8) is 0 Å². The number of ether oxygens (including phenoxy) is 1. The lowest BCUT2D eigenvalue weighted by Gasteiger charge is -1.98. The van der Waals surface area contributed by atoms with Crippen LogP contribution >= 0.6 is 0 Å². The third-order valence-electron chi connectivity index (χ3n) is 2.27. The molecule has 1 aliphatic rings. The predicted octanol–water partition coefficient (Wildman–Crippen LogP) is 0.898. The first-order valence-corrected chi connectivity index (χ1v) is 4.58. The van der Waals surface area contributed by atoms with Crippen LogP contribution in [0.1, 0.15) is 23.8 Å². The van der Waals surface area contributed by atoms with E-state index in [-0.39, 0.29) is 0 Å². The summed E-state index contributed by atoms with van der Waals surface area (Å²) in [5.74, 6) is 1.38. The van der Waals surface area contributed by atoms with Crippen molar-refractivity contribution in [1.82, 2.24) is 10.5 Å². The van der Waals surface area contributed by atoms with E-state index in [1.54, 1.807) is 0 Å². The van der Waals surface area contributed by atoms with Crippen molar-refractivity contribution in [2.45, 2.75) is 18.9 Å². The summed E-state index contributed by atoms with van der Waals surface area (Å²) in [6.07, 6.45) is 1.05. The molecule has 0 aliphatic carbocycles. The molecule has 72 valence electrons.